The monoisotopic (exact) mass is 461 g/mol. The molecular weight excluding hydrogens is 442 g/mol. The summed E-state index contributed by atoms with van der Waals surface area (Å²) in [5.41, 5.74) is 3.84. The molecule has 1 aliphatic heterocycles. The molecule has 0 radical (unpaired) electrons. The lowest BCUT2D eigenvalue weighted by Crippen LogP contribution is -2.34. The molecule has 1 atom stereocenters. The largest absolute Gasteiger partial charge is 0.479 e. The highest BCUT2D eigenvalue weighted by Gasteiger charge is 2.23. The Bertz CT molecular complexity index is 1280. The van der Waals surface area contributed by atoms with Crippen LogP contribution in [-0.4, -0.2) is 22.9 Å². The zero-order valence-corrected chi connectivity index (χ0v) is 18.8. The van der Waals surface area contributed by atoms with Gasteiger partial charge >= 0.3 is 0 Å². The second kappa shape index (κ2) is 8.64. The van der Waals surface area contributed by atoms with E-state index in [-0.39, 0.29) is 11.8 Å². The van der Waals surface area contributed by atoms with Crippen LogP contribution in [0.4, 0.5) is 11.4 Å². The third-order valence-corrected chi connectivity index (χ3v) is 7.27. The number of thioether (sulfide) groups is 1. The lowest BCUT2D eigenvalue weighted by atomic mass is 10.1. The molecule has 0 fully saturated rings. The zero-order valence-electron chi connectivity index (χ0n) is 17.1. The van der Waals surface area contributed by atoms with Crippen LogP contribution in [0.5, 0.6) is 5.75 Å². The third-order valence-electron chi connectivity index (χ3n) is 5.02. The van der Waals surface area contributed by atoms with Gasteiger partial charge in [-0.25, -0.2) is 4.98 Å². The summed E-state index contributed by atoms with van der Waals surface area (Å²) < 4.78 is 7.76. The van der Waals surface area contributed by atoms with Crippen molar-refractivity contribution in [3.8, 4) is 5.75 Å². The van der Waals surface area contributed by atoms with Crippen molar-refractivity contribution in [2.24, 2.45) is 0 Å². The number of carbonyl (C=O) groups is 2. The Morgan fingerprint density at radius 1 is 1.16 bits per heavy atom. The molecular formula is C24H19N3O3S2. The summed E-state index contributed by atoms with van der Waals surface area (Å²) in [5.74, 6) is 0.946. The van der Waals surface area contributed by atoms with E-state index in [1.807, 2.05) is 42.5 Å². The number of aromatic nitrogens is 1. The molecule has 1 aliphatic rings. The SMILES string of the molecule is CC1Oc2ccc(NC(=O)c3ccc(CSc4nc5ccccc5s4)cc3)cc2NC1=O. The average molecular weight is 462 g/mol. The highest BCUT2D eigenvalue weighted by atomic mass is 32.2. The van der Waals surface area contributed by atoms with Crippen LogP contribution in [0.1, 0.15) is 22.8 Å². The zero-order chi connectivity index (χ0) is 22.1. The minimum absolute atomic E-state index is 0.208. The van der Waals surface area contributed by atoms with E-state index in [4.69, 9.17) is 4.74 Å². The maximum atomic E-state index is 12.6. The Kier molecular flexibility index (Phi) is 5.55. The van der Waals surface area contributed by atoms with Gasteiger partial charge in [-0.3, -0.25) is 9.59 Å². The molecule has 0 spiro atoms. The molecule has 0 aliphatic carbocycles. The third kappa shape index (κ3) is 4.32. The Balaban J connectivity index is 1.21. The van der Waals surface area contributed by atoms with Gasteiger partial charge in [0.1, 0.15) is 5.75 Å². The molecule has 2 heterocycles. The van der Waals surface area contributed by atoms with Crippen molar-refractivity contribution in [3.63, 3.8) is 0 Å². The highest BCUT2D eigenvalue weighted by Crippen LogP contribution is 2.33. The molecule has 0 bridgehead atoms. The topological polar surface area (TPSA) is 80.3 Å². The van der Waals surface area contributed by atoms with E-state index >= 15 is 0 Å². The van der Waals surface area contributed by atoms with Crippen LogP contribution in [0.3, 0.4) is 0 Å². The van der Waals surface area contributed by atoms with E-state index in [0.717, 1.165) is 21.2 Å². The lowest BCUT2D eigenvalue weighted by Gasteiger charge is -2.23. The quantitative estimate of drug-likeness (QED) is 0.380. The minimum Gasteiger partial charge on any atom is -0.479 e. The molecule has 1 aromatic heterocycles. The lowest BCUT2D eigenvalue weighted by molar-refractivity contribution is -0.122. The Morgan fingerprint density at radius 3 is 2.78 bits per heavy atom. The van der Waals surface area contributed by atoms with Crippen LogP contribution in [0.25, 0.3) is 10.2 Å². The summed E-state index contributed by atoms with van der Waals surface area (Å²) in [7, 11) is 0. The van der Waals surface area contributed by atoms with Gasteiger partial charge in [0.25, 0.3) is 11.8 Å². The Hall–Kier alpha value is -3.36. The normalized spacial score (nSPS) is 15.0. The van der Waals surface area contributed by atoms with Crippen LogP contribution in [0.2, 0.25) is 0 Å². The van der Waals surface area contributed by atoms with Gasteiger partial charge in [-0.1, -0.05) is 36.0 Å². The van der Waals surface area contributed by atoms with E-state index in [1.165, 1.54) is 4.70 Å². The Labute approximate surface area is 193 Å². The van der Waals surface area contributed by atoms with Gasteiger partial charge in [0.2, 0.25) is 0 Å². The number of fused-ring (bicyclic) bond motifs is 2. The van der Waals surface area contributed by atoms with Gasteiger partial charge in [-0.2, -0.15) is 0 Å². The smallest absolute Gasteiger partial charge is 0.265 e. The highest BCUT2D eigenvalue weighted by molar-refractivity contribution is 8.00. The minimum atomic E-state index is -0.533. The van der Waals surface area contributed by atoms with Crippen molar-refractivity contribution in [3.05, 3.63) is 77.9 Å². The van der Waals surface area contributed by atoms with E-state index < -0.39 is 6.10 Å². The predicted molar refractivity (Wildman–Crippen MR) is 129 cm³/mol. The molecule has 4 aromatic rings. The number of ether oxygens (including phenoxy) is 1. The van der Waals surface area contributed by atoms with Gasteiger partial charge in [0.15, 0.2) is 10.4 Å². The fourth-order valence-corrected chi connectivity index (χ4v) is 5.32. The summed E-state index contributed by atoms with van der Waals surface area (Å²) in [6, 6.07) is 20.8. The van der Waals surface area contributed by atoms with Crippen LogP contribution in [-0.2, 0) is 10.5 Å². The number of amides is 2. The number of para-hydroxylation sites is 1. The number of hydrogen-bond acceptors (Lipinski definition) is 6. The first-order valence-electron chi connectivity index (χ1n) is 10.1. The molecule has 8 heteroatoms. The van der Waals surface area contributed by atoms with Gasteiger partial charge in [-0.15, -0.1) is 11.3 Å². The first-order valence-corrected chi connectivity index (χ1v) is 11.9. The number of benzene rings is 3. The van der Waals surface area contributed by atoms with E-state index in [9.17, 15) is 9.59 Å². The molecule has 2 N–H and O–H groups in total. The fourth-order valence-electron chi connectivity index (χ4n) is 3.30. The number of carbonyl (C=O) groups excluding carboxylic acids is 2. The number of rotatable bonds is 5. The summed E-state index contributed by atoms with van der Waals surface area (Å²) >= 11 is 3.38. The molecule has 6 nitrogen and oxygen atoms in total. The van der Waals surface area contributed by atoms with Crippen molar-refractivity contribution in [2.45, 2.75) is 23.1 Å². The van der Waals surface area contributed by atoms with E-state index in [2.05, 4.69) is 21.7 Å². The van der Waals surface area contributed by atoms with Crippen LogP contribution >= 0.6 is 23.1 Å². The average Bonchev–Trinajstić information content (AvgIpc) is 3.22. The molecule has 5 rings (SSSR count). The van der Waals surface area contributed by atoms with E-state index in [0.29, 0.717) is 22.7 Å². The first kappa shape index (κ1) is 20.5. The summed E-state index contributed by atoms with van der Waals surface area (Å²) in [6.07, 6.45) is -0.533. The first-order chi connectivity index (χ1) is 15.5. The van der Waals surface area contributed by atoms with Gasteiger partial charge in [0, 0.05) is 17.0 Å². The molecule has 1 unspecified atom stereocenters. The summed E-state index contributed by atoms with van der Waals surface area (Å²) in [4.78, 5) is 29.1. The number of anilines is 2. The van der Waals surface area contributed by atoms with Crippen LogP contribution in [0, 0.1) is 0 Å². The van der Waals surface area contributed by atoms with Gasteiger partial charge in [-0.05, 0) is 55.0 Å². The number of thiazole rings is 1. The standard InChI is InChI=1S/C24H19N3O3S2/c1-14-22(28)26-19-12-17(10-11-20(19)30-14)25-23(29)16-8-6-15(7-9-16)13-31-24-27-18-4-2-3-5-21(18)32-24/h2-12,14H,13H2,1H3,(H,25,29)(H,26,28). The van der Waals surface area contributed by atoms with Crippen molar-refractivity contribution in [1.82, 2.24) is 4.98 Å². The molecule has 0 saturated carbocycles. The predicted octanol–water partition coefficient (Wildman–Crippen LogP) is 5.56. The Morgan fingerprint density at radius 2 is 1.97 bits per heavy atom. The molecule has 0 saturated heterocycles. The van der Waals surface area contributed by atoms with Gasteiger partial charge in [0.05, 0.1) is 15.9 Å². The van der Waals surface area contributed by atoms with E-state index in [1.54, 1.807) is 48.2 Å². The number of nitrogens with zero attached hydrogens (tertiary/aromatic N) is 1. The molecule has 32 heavy (non-hydrogen) atoms. The van der Waals surface area contributed by atoms with Crippen molar-refractivity contribution < 1.29 is 14.3 Å². The van der Waals surface area contributed by atoms with Gasteiger partial charge < -0.3 is 15.4 Å². The fraction of sp³-hybridized carbons (Fsp3) is 0.125. The maximum Gasteiger partial charge on any atom is 0.265 e. The molecule has 2 amide bonds. The van der Waals surface area contributed by atoms with Crippen molar-refractivity contribution >= 4 is 56.5 Å². The van der Waals surface area contributed by atoms with Crippen molar-refractivity contribution in [2.75, 3.05) is 10.6 Å². The number of hydrogen-bond donors (Lipinski definition) is 2. The second-order valence-corrected chi connectivity index (χ2v) is 9.60. The molecule has 3 aromatic carbocycles. The van der Waals surface area contributed by atoms with Crippen molar-refractivity contribution in [1.29, 1.82) is 0 Å². The maximum absolute atomic E-state index is 12.6. The molecule has 160 valence electrons. The summed E-state index contributed by atoms with van der Waals surface area (Å²) in [5, 5.41) is 5.65. The summed E-state index contributed by atoms with van der Waals surface area (Å²) in [6.45, 7) is 1.69. The van der Waals surface area contributed by atoms with Crippen LogP contribution < -0.4 is 15.4 Å². The second-order valence-electron chi connectivity index (χ2n) is 7.35. The van der Waals surface area contributed by atoms with Crippen LogP contribution in [0.15, 0.2) is 71.1 Å². The number of nitrogens with one attached hydrogen (secondary N) is 2.